The Morgan fingerprint density at radius 2 is 2.00 bits per heavy atom. The van der Waals surface area contributed by atoms with Crippen molar-refractivity contribution in [3.63, 3.8) is 0 Å². The number of benzene rings is 1. The summed E-state index contributed by atoms with van der Waals surface area (Å²) in [6.07, 6.45) is 0.740. The van der Waals surface area contributed by atoms with Gasteiger partial charge in [-0.15, -0.1) is 0 Å². The molecule has 1 fully saturated rings. The van der Waals surface area contributed by atoms with Crippen molar-refractivity contribution in [2.24, 2.45) is 0 Å². The molecule has 3 rings (SSSR count). The molecule has 152 valence electrons. The van der Waals surface area contributed by atoms with Gasteiger partial charge >= 0.3 is 11.8 Å². The maximum Gasteiger partial charge on any atom is 0.310 e. The second-order valence-corrected chi connectivity index (χ2v) is 7.19. The number of carbonyl (C=O) groups excluding carboxylic acids is 3. The molecule has 2 aliphatic rings. The summed E-state index contributed by atoms with van der Waals surface area (Å²) >= 11 is 6.04. The molecule has 0 saturated carbocycles. The maximum atomic E-state index is 12.6. The summed E-state index contributed by atoms with van der Waals surface area (Å²) in [5, 5.41) is 5.62. The monoisotopic (exact) mass is 408 g/mol. The first-order valence-corrected chi connectivity index (χ1v) is 9.88. The van der Waals surface area contributed by atoms with E-state index in [2.05, 4.69) is 15.5 Å². The number of nitrogens with one attached hydrogen (secondary N) is 2. The molecule has 8 nitrogen and oxygen atoms in total. The fourth-order valence-electron chi connectivity index (χ4n) is 3.48. The Hall–Kier alpha value is -2.16. The van der Waals surface area contributed by atoms with E-state index in [1.807, 2.05) is 6.92 Å². The lowest BCUT2D eigenvalue weighted by atomic mass is 10.1. The third kappa shape index (κ3) is 4.63. The highest BCUT2D eigenvalue weighted by molar-refractivity contribution is 6.35. The van der Waals surface area contributed by atoms with Crippen LogP contribution in [0.4, 0.5) is 5.69 Å². The Morgan fingerprint density at radius 1 is 1.25 bits per heavy atom. The van der Waals surface area contributed by atoms with Gasteiger partial charge in [0.1, 0.15) is 6.04 Å². The highest BCUT2D eigenvalue weighted by Crippen LogP contribution is 2.37. The van der Waals surface area contributed by atoms with Gasteiger partial charge in [-0.05, 0) is 38.1 Å². The third-order valence-electron chi connectivity index (χ3n) is 4.94. The van der Waals surface area contributed by atoms with Crippen molar-refractivity contribution in [2.45, 2.75) is 19.4 Å². The lowest BCUT2D eigenvalue weighted by Crippen LogP contribution is -2.45. The summed E-state index contributed by atoms with van der Waals surface area (Å²) in [4.78, 5) is 40.8. The van der Waals surface area contributed by atoms with E-state index in [9.17, 15) is 14.4 Å². The highest BCUT2D eigenvalue weighted by atomic mass is 35.5. The van der Waals surface area contributed by atoms with Crippen LogP contribution in [-0.4, -0.2) is 68.6 Å². The average Bonchev–Trinajstić information content (AvgIpc) is 2.96. The third-order valence-corrected chi connectivity index (χ3v) is 5.18. The van der Waals surface area contributed by atoms with Gasteiger partial charge in [-0.2, -0.15) is 0 Å². The first-order chi connectivity index (χ1) is 13.5. The molecule has 2 aliphatic heterocycles. The zero-order valence-electron chi connectivity index (χ0n) is 15.9. The van der Waals surface area contributed by atoms with Crippen LogP contribution in [-0.2, 0) is 19.1 Å². The first kappa shape index (κ1) is 20.6. The van der Waals surface area contributed by atoms with Crippen LogP contribution in [0.5, 0.6) is 0 Å². The van der Waals surface area contributed by atoms with Gasteiger partial charge in [-0.25, -0.2) is 0 Å². The molecule has 0 aliphatic carbocycles. The molecule has 1 aromatic rings. The number of morpholine rings is 1. The molecule has 0 spiro atoms. The van der Waals surface area contributed by atoms with E-state index in [4.69, 9.17) is 16.3 Å². The van der Waals surface area contributed by atoms with Crippen LogP contribution in [0.15, 0.2) is 18.2 Å². The molecule has 1 saturated heterocycles. The summed E-state index contributed by atoms with van der Waals surface area (Å²) in [7, 11) is 0. The van der Waals surface area contributed by atoms with Crippen LogP contribution in [0.1, 0.15) is 24.9 Å². The fourth-order valence-corrected chi connectivity index (χ4v) is 3.66. The molecule has 0 bridgehead atoms. The number of hydrogen-bond donors (Lipinski definition) is 2. The highest BCUT2D eigenvalue weighted by Gasteiger charge is 2.38. The quantitative estimate of drug-likeness (QED) is 0.534. The molecule has 1 aromatic carbocycles. The minimum Gasteiger partial charge on any atom is -0.379 e. The molecule has 3 amide bonds. The smallest absolute Gasteiger partial charge is 0.310 e. The zero-order chi connectivity index (χ0) is 20.1. The Morgan fingerprint density at radius 3 is 2.71 bits per heavy atom. The summed E-state index contributed by atoms with van der Waals surface area (Å²) in [6, 6.07) is 4.19. The number of rotatable bonds is 6. The molecular formula is C19H25ClN4O4. The van der Waals surface area contributed by atoms with Crippen LogP contribution in [0.3, 0.4) is 0 Å². The maximum absolute atomic E-state index is 12.6. The van der Waals surface area contributed by atoms with Crippen molar-refractivity contribution in [2.75, 3.05) is 50.8 Å². The molecule has 2 N–H and O–H groups in total. The minimum absolute atomic E-state index is 0.270. The van der Waals surface area contributed by atoms with Gasteiger partial charge in [-0.1, -0.05) is 11.6 Å². The van der Waals surface area contributed by atoms with Gasteiger partial charge in [0.15, 0.2) is 0 Å². The van der Waals surface area contributed by atoms with E-state index in [1.165, 1.54) is 0 Å². The Balaban J connectivity index is 1.51. The van der Waals surface area contributed by atoms with Crippen molar-refractivity contribution in [1.82, 2.24) is 15.5 Å². The number of hydrogen-bond acceptors (Lipinski definition) is 5. The lowest BCUT2D eigenvalue weighted by Gasteiger charge is -2.26. The van der Waals surface area contributed by atoms with Crippen LogP contribution in [0.2, 0.25) is 5.02 Å². The molecule has 1 unspecified atom stereocenters. The van der Waals surface area contributed by atoms with Crippen LogP contribution < -0.4 is 15.5 Å². The van der Waals surface area contributed by atoms with Crippen molar-refractivity contribution in [1.29, 1.82) is 0 Å². The number of carbonyl (C=O) groups is 3. The minimum atomic E-state index is -0.903. The number of likely N-dealkylation sites (N-methyl/N-ethyl adjacent to an activating group) is 1. The standard InChI is InChI=1S/C19H25ClN4O4/c1-2-24-15-5-4-13(20)12-14(15)16(19(24)27)22-18(26)17(25)21-6-3-7-23-8-10-28-11-9-23/h4-5,12,16H,2-3,6-11H2,1H3,(H,21,25)(H,22,26). The van der Waals surface area contributed by atoms with Gasteiger partial charge in [0.05, 0.1) is 13.2 Å². The normalized spacial score (nSPS) is 19.4. The topological polar surface area (TPSA) is 91.0 Å². The second kappa shape index (κ2) is 9.36. The summed E-state index contributed by atoms with van der Waals surface area (Å²) in [6.45, 7) is 6.77. The van der Waals surface area contributed by atoms with Gasteiger partial charge in [0.25, 0.3) is 5.91 Å². The van der Waals surface area contributed by atoms with Crippen LogP contribution in [0, 0.1) is 0 Å². The van der Waals surface area contributed by atoms with Gasteiger partial charge in [-0.3, -0.25) is 19.3 Å². The number of anilines is 1. The van der Waals surface area contributed by atoms with E-state index >= 15 is 0 Å². The number of ether oxygens (including phenoxy) is 1. The van der Waals surface area contributed by atoms with Crippen molar-refractivity contribution in [3.05, 3.63) is 28.8 Å². The molecule has 1 atom stereocenters. The zero-order valence-corrected chi connectivity index (χ0v) is 16.6. The fraction of sp³-hybridized carbons (Fsp3) is 0.526. The lowest BCUT2D eigenvalue weighted by molar-refractivity contribution is -0.140. The molecule has 2 heterocycles. The number of halogens is 1. The summed E-state index contributed by atoms with van der Waals surface area (Å²) in [5.41, 5.74) is 1.31. The van der Waals surface area contributed by atoms with Gasteiger partial charge in [0.2, 0.25) is 0 Å². The molecule has 9 heteroatoms. The molecule has 0 aromatic heterocycles. The van der Waals surface area contributed by atoms with Gasteiger partial charge in [0, 0.05) is 42.5 Å². The molecular weight excluding hydrogens is 384 g/mol. The van der Waals surface area contributed by atoms with E-state index in [0.29, 0.717) is 29.4 Å². The van der Waals surface area contributed by atoms with Crippen LogP contribution >= 0.6 is 11.6 Å². The molecule has 0 radical (unpaired) electrons. The average molecular weight is 409 g/mol. The van der Waals surface area contributed by atoms with E-state index < -0.39 is 17.9 Å². The second-order valence-electron chi connectivity index (χ2n) is 6.76. The largest absolute Gasteiger partial charge is 0.379 e. The van der Waals surface area contributed by atoms with Gasteiger partial charge < -0.3 is 20.3 Å². The van der Waals surface area contributed by atoms with Crippen molar-refractivity contribution < 1.29 is 19.1 Å². The Labute approximate surface area is 169 Å². The van der Waals surface area contributed by atoms with E-state index in [0.717, 1.165) is 39.3 Å². The Kier molecular flexibility index (Phi) is 6.88. The van der Waals surface area contributed by atoms with E-state index in [1.54, 1.807) is 23.1 Å². The van der Waals surface area contributed by atoms with Crippen molar-refractivity contribution in [3.8, 4) is 0 Å². The number of nitrogens with zero attached hydrogens (tertiary/aromatic N) is 2. The SMILES string of the molecule is CCN1C(=O)C(NC(=O)C(=O)NCCCN2CCOCC2)c2cc(Cl)ccc21. The van der Waals surface area contributed by atoms with Crippen LogP contribution in [0.25, 0.3) is 0 Å². The van der Waals surface area contributed by atoms with E-state index in [-0.39, 0.29) is 5.91 Å². The summed E-state index contributed by atoms with van der Waals surface area (Å²) < 4.78 is 5.29. The van der Waals surface area contributed by atoms with Crippen molar-refractivity contribution >= 4 is 35.0 Å². The number of amides is 3. The Bertz CT molecular complexity index is 751. The first-order valence-electron chi connectivity index (χ1n) is 9.51. The predicted molar refractivity (Wildman–Crippen MR) is 105 cm³/mol. The number of fused-ring (bicyclic) bond motifs is 1. The summed E-state index contributed by atoms with van der Waals surface area (Å²) in [5.74, 6) is -1.84. The molecule has 28 heavy (non-hydrogen) atoms. The predicted octanol–water partition coefficient (Wildman–Crippen LogP) is 0.702.